The van der Waals surface area contributed by atoms with Gasteiger partial charge in [-0.3, -0.25) is 4.99 Å². The largest absolute Gasteiger partial charge is 0.376 e. The molecule has 4 unspecified atom stereocenters. The van der Waals surface area contributed by atoms with Gasteiger partial charge in [-0.05, 0) is 49.9 Å². The lowest BCUT2D eigenvalue weighted by molar-refractivity contribution is 0.0189. The molecule has 0 aromatic carbocycles. The predicted molar refractivity (Wildman–Crippen MR) is 121 cm³/mol. The molecule has 0 bridgehead atoms. The molecule has 0 aliphatic carbocycles. The third-order valence-electron chi connectivity index (χ3n) is 5.76. The normalized spacial score (nSPS) is 34.1. The van der Waals surface area contributed by atoms with E-state index in [1.807, 2.05) is 0 Å². The molecule has 1 N–H and O–H groups in total. The topological polar surface area (TPSA) is 71.0 Å². The van der Waals surface area contributed by atoms with Gasteiger partial charge >= 0.3 is 0 Å². The maximum absolute atomic E-state index is 11.7. The van der Waals surface area contributed by atoms with Crippen LogP contribution in [0.4, 0.5) is 0 Å². The quantitative estimate of drug-likeness (QED) is 0.356. The number of guanidine groups is 1. The minimum absolute atomic E-state index is 0. The molecule has 3 fully saturated rings. The molecule has 3 heterocycles. The van der Waals surface area contributed by atoms with Crippen LogP contribution in [0, 0.1) is 17.8 Å². The lowest BCUT2D eigenvalue weighted by Gasteiger charge is -2.37. The average Bonchev–Trinajstić information content (AvgIpc) is 2.94. The summed E-state index contributed by atoms with van der Waals surface area (Å²) in [4.78, 5) is 7.23. The Balaban J connectivity index is 0.00000261. The molecule has 8 heteroatoms. The average molecular weight is 513 g/mol. The van der Waals surface area contributed by atoms with Gasteiger partial charge in [0.1, 0.15) is 0 Å². The molecule has 158 valence electrons. The zero-order valence-corrected chi connectivity index (χ0v) is 19.9. The number of aliphatic imine (C=N–C) groups is 1. The molecule has 0 spiro atoms. The number of likely N-dealkylation sites (tertiary alicyclic amines) is 1. The van der Waals surface area contributed by atoms with Crippen molar-refractivity contribution in [2.75, 3.05) is 44.3 Å². The summed E-state index contributed by atoms with van der Waals surface area (Å²) in [5.74, 6) is 3.04. The number of nitrogens with zero attached hydrogens (tertiary/aromatic N) is 2. The summed E-state index contributed by atoms with van der Waals surface area (Å²) in [5.41, 5.74) is 0. The highest BCUT2D eigenvalue weighted by atomic mass is 127. The van der Waals surface area contributed by atoms with E-state index >= 15 is 0 Å². The van der Waals surface area contributed by atoms with E-state index in [2.05, 4.69) is 24.1 Å². The number of sulfone groups is 1. The fraction of sp³-hybridized carbons (Fsp3) is 0.947. The molecule has 3 aliphatic rings. The molecule has 0 aromatic heterocycles. The predicted octanol–water partition coefficient (Wildman–Crippen LogP) is 2.53. The SMILES string of the molecule is CC1CC(C)CN(C(=NCC2CCS(=O)(=O)C2)NCC2CCCCO2)C1.I. The van der Waals surface area contributed by atoms with Crippen LogP contribution in [0.2, 0.25) is 0 Å². The molecule has 0 aromatic rings. The van der Waals surface area contributed by atoms with Gasteiger partial charge in [-0.2, -0.15) is 0 Å². The maximum atomic E-state index is 11.7. The highest BCUT2D eigenvalue weighted by Gasteiger charge is 2.29. The Labute approximate surface area is 181 Å². The van der Waals surface area contributed by atoms with Gasteiger partial charge in [0, 0.05) is 32.8 Å². The monoisotopic (exact) mass is 513 g/mol. The Morgan fingerprint density at radius 3 is 2.52 bits per heavy atom. The number of nitrogens with one attached hydrogen (secondary N) is 1. The first kappa shape index (κ1) is 23.2. The Morgan fingerprint density at radius 1 is 1.19 bits per heavy atom. The van der Waals surface area contributed by atoms with Crippen LogP contribution >= 0.6 is 24.0 Å². The molecule has 27 heavy (non-hydrogen) atoms. The third kappa shape index (κ3) is 7.34. The Kier molecular flexibility index (Phi) is 9.12. The van der Waals surface area contributed by atoms with E-state index in [1.165, 1.54) is 12.8 Å². The van der Waals surface area contributed by atoms with Crippen molar-refractivity contribution in [1.82, 2.24) is 10.2 Å². The van der Waals surface area contributed by atoms with Crippen LogP contribution in [0.5, 0.6) is 0 Å². The van der Waals surface area contributed by atoms with Gasteiger partial charge < -0.3 is 15.0 Å². The van der Waals surface area contributed by atoms with E-state index in [4.69, 9.17) is 9.73 Å². The van der Waals surface area contributed by atoms with Gasteiger partial charge in [0.05, 0.1) is 17.6 Å². The van der Waals surface area contributed by atoms with Crippen molar-refractivity contribution in [2.24, 2.45) is 22.7 Å². The second-order valence-electron chi connectivity index (χ2n) is 8.65. The third-order valence-corrected chi connectivity index (χ3v) is 7.59. The van der Waals surface area contributed by atoms with Crippen molar-refractivity contribution in [2.45, 2.75) is 52.1 Å². The molecule has 6 nitrogen and oxygen atoms in total. The molecule has 3 saturated heterocycles. The van der Waals surface area contributed by atoms with Crippen LogP contribution in [0.1, 0.15) is 46.0 Å². The summed E-state index contributed by atoms with van der Waals surface area (Å²) >= 11 is 0. The number of halogens is 1. The van der Waals surface area contributed by atoms with Crippen molar-refractivity contribution in [3.05, 3.63) is 0 Å². The van der Waals surface area contributed by atoms with E-state index in [1.54, 1.807) is 0 Å². The van der Waals surface area contributed by atoms with Crippen LogP contribution in [0.25, 0.3) is 0 Å². The summed E-state index contributed by atoms with van der Waals surface area (Å²) in [7, 11) is -2.84. The fourth-order valence-electron chi connectivity index (χ4n) is 4.51. The lowest BCUT2D eigenvalue weighted by atomic mass is 9.92. The molecule has 3 rings (SSSR count). The number of piperidine rings is 1. The minimum Gasteiger partial charge on any atom is -0.376 e. The summed E-state index contributed by atoms with van der Waals surface area (Å²) in [6.07, 6.45) is 5.77. The molecule has 3 aliphatic heterocycles. The number of ether oxygens (including phenoxy) is 1. The number of hydrogen-bond donors (Lipinski definition) is 1. The molecular weight excluding hydrogens is 477 g/mol. The van der Waals surface area contributed by atoms with Crippen LogP contribution in [-0.4, -0.2) is 69.7 Å². The van der Waals surface area contributed by atoms with Gasteiger partial charge in [-0.15, -0.1) is 24.0 Å². The van der Waals surface area contributed by atoms with Gasteiger partial charge in [0.15, 0.2) is 15.8 Å². The smallest absolute Gasteiger partial charge is 0.194 e. The first-order valence-corrected chi connectivity index (χ1v) is 12.1. The Bertz CT molecular complexity index is 583. The van der Waals surface area contributed by atoms with E-state index in [0.717, 1.165) is 51.5 Å². The highest BCUT2D eigenvalue weighted by molar-refractivity contribution is 14.0. The lowest BCUT2D eigenvalue weighted by Crippen LogP contribution is -2.50. The standard InChI is InChI=1S/C19H35N3O3S.HI/c1-15-9-16(2)13-22(12-15)19(21-11-18-5-3-4-7-25-18)20-10-17-6-8-26(23,24)14-17;/h15-18H,3-14H2,1-2H3,(H,20,21);1H. The van der Waals surface area contributed by atoms with Gasteiger partial charge in [0.2, 0.25) is 0 Å². The van der Waals surface area contributed by atoms with Crippen molar-refractivity contribution in [3.63, 3.8) is 0 Å². The van der Waals surface area contributed by atoms with Gasteiger partial charge in [-0.25, -0.2) is 8.42 Å². The zero-order chi connectivity index (χ0) is 18.6. The van der Waals surface area contributed by atoms with Crippen molar-refractivity contribution in [1.29, 1.82) is 0 Å². The number of rotatable bonds is 4. The molecule has 0 amide bonds. The molecule has 0 radical (unpaired) electrons. The van der Waals surface area contributed by atoms with E-state index < -0.39 is 9.84 Å². The molecular formula is C19H36IN3O3S. The first-order chi connectivity index (χ1) is 12.4. The minimum atomic E-state index is -2.84. The van der Waals surface area contributed by atoms with Crippen LogP contribution in [0.15, 0.2) is 4.99 Å². The number of hydrogen-bond acceptors (Lipinski definition) is 4. The van der Waals surface area contributed by atoms with E-state index in [-0.39, 0.29) is 36.0 Å². The van der Waals surface area contributed by atoms with Crippen LogP contribution in [0.3, 0.4) is 0 Å². The molecule has 4 atom stereocenters. The Morgan fingerprint density at radius 2 is 1.93 bits per heavy atom. The summed E-state index contributed by atoms with van der Waals surface area (Å²) < 4.78 is 29.3. The van der Waals surface area contributed by atoms with E-state index in [0.29, 0.717) is 29.9 Å². The maximum Gasteiger partial charge on any atom is 0.194 e. The highest BCUT2D eigenvalue weighted by Crippen LogP contribution is 2.22. The fourth-order valence-corrected chi connectivity index (χ4v) is 6.36. The van der Waals surface area contributed by atoms with Crippen LogP contribution < -0.4 is 5.32 Å². The second kappa shape index (κ2) is 10.6. The van der Waals surface area contributed by atoms with E-state index in [9.17, 15) is 8.42 Å². The van der Waals surface area contributed by atoms with Gasteiger partial charge in [0.25, 0.3) is 0 Å². The Hall–Kier alpha value is -0.0900. The van der Waals surface area contributed by atoms with Crippen molar-refractivity contribution in [3.8, 4) is 0 Å². The van der Waals surface area contributed by atoms with Crippen molar-refractivity contribution < 1.29 is 13.2 Å². The zero-order valence-electron chi connectivity index (χ0n) is 16.7. The summed E-state index contributed by atoms with van der Waals surface area (Å²) in [6, 6.07) is 0. The van der Waals surface area contributed by atoms with Gasteiger partial charge in [-0.1, -0.05) is 13.8 Å². The van der Waals surface area contributed by atoms with Crippen molar-refractivity contribution >= 4 is 39.8 Å². The van der Waals surface area contributed by atoms with Crippen LogP contribution in [-0.2, 0) is 14.6 Å². The first-order valence-electron chi connectivity index (χ1n) is 10.3. The summed E-state index contributed by atoms with van der Waals surface area (Å²) in [5, 5.41) is 3.55. The second-order valence-corrected chi connectivity index (χ2v) is 10.9. The molecule has 0 saturated carbocycles. The summed E-state index contributed by atoms with van der Waals surface area (Å²) in [6.45, 7) is 8.89.